The smallest absolute Gasteiger partial charge is 0.239 e. The molecule has 4 N–H and O–H groups in total. The second kappa shape index (κ2) is 5.34. The van der Waals surface area contributed by atoms with Gasteiger partial charge in [-0.15, -0.1) is 0 Å². The van der Waals surface area contributed by atoms with Crippen LogP contribution in [0.15, 0.2) is 30.5 Å². The first-order valence-electron chi connectivity index (χ1n) is 6.61. The number of benzene rings is 1. The summed E-state index contributed by atoms with van der Waals surface area (Å²) in [5.41, 5.74) is 7.36. The summed E-state index contributed by atoms with van der Waals surface area (Å²) in [7, 11) is 0. The molecule has 6 nitrogen and oxygen atoms in total. The summed E-state index contributed by atoms with van der Waals surface area (Å²) in [6.45, 7) is 0.549. The molecule has 1 fully saturated rings. The Kier molecular flexibility index (Phi) is 3.39. The number of carbonyl (C=O) groups excluding carboxylic acids is 2. The van der Waals surface area contributed by atoms with E-state index in [1.54, 1.807) is 0 Å². The number of para-hydroxylation sites is 1. The highest BCUT2D eigenvalue weighted by Gasteiger charge is 2.27. The van der Waals surface area contributed by atoms with Crippen molar-refractivity contribution in [3.05, 3.63) is 36.0 Å². The summed E-state index contributed by atoms with van der Waals surface area (Å²) in [5.74, 6) is -0.301. The Morgan fingerprint density at radius 3 is 3.00 bits per heavy atom. The first-order chi connectivity index (χ1) is 9.74. The molecule has 104 valence electrons. The summed E-state index contributed by atoms with van der Waals surface area (Å²) in [6.07, 6.45) is 2.92. The van der Waals surface area contributed by atoms with Gasteiger partial charge in [0.1, 0.15) is 6.04 Å². The highest BCUT2D eigenvalue weighted by Crippen LogP contribution is 2.17. The minimum atomic E-state index is -0.467. The molecule has 1 aliphatic heterocycles. The summed E-state index contributed by atoms with van der Waals surface area (Å²) >= 11 is 0. The third-order valence-corrected chi connectivity index (χ3v) is 3.46. The van der Waals surface area contributed by atoms with E-state index in [1.807, 2.05) is 24.4 Å². The number of amides is 2. The molecular formula is C14H16N4O2. The minimum Gasteiger partial charge on any atom is -0.361 e. The number of nitrogens with one attached hydrogen (secondary N) is 4. The van der Waals surface area contributed by atoms with Crippen molar-refractivity contribution in [1.29, 1.82) is 0 Å². The fourth-order valence-corrected chi connectivity index (χ4v) is 2.40. The maximum Gasteiger partial charge on any atom is 0.239 e. The van der Waals surface area contributed by atoms with Crippen molar-refractivity contribution in [1.82, 2.24) is 21.2 Å². The quantitative estimate of drug-likeness (QED) is 0.642. The summed E-state index contributed by atoms with van der Waals surface area (Å²) in [5, 5.41) is 4.02. The van der Waals surface area contributed by atoms with Crippen molar-refractivity contribution >= 4 is 22.7 Å². The third-order valence-electron chi connectivity index (χ3n) is 3.46. The van der Waals surface area contributed by atoms with Crippen LogP contribution in [0, 0.1) is 0 Å². The molecule has 0 radical (unpaired) electrons. The lowest BCUT2D eigenvalue weighted by Crippen LogP contribution is -2.43. The third kappa shape index (κ3) is 2.50. The van der Waals surface area contributed by atoms with Gasteiger partial charge in [0.25, 0.3) is 0 Å². The molecule has 0 aliphatic carbocycles. The zero-order chi connectivity index (χ0) is 13.9. The first kappa shape index (κ1) is 12.7. The Labute approximate surface area is 115 Å². The normalized spacial score (nSPS) is 18.2. The number of fused-ring (bicyclic) bond motifs is 1. The lowest BCUT2D eigenvalue weighted by Gasteiger charge is -2.09. The van der Waals surface area contributed by atoms with Gasteiger partial charge in [-0.05, 0) is 18.1 Å². The molecule has 20 heavy (non-hydrogen) atoms. The highest BCUT2D eigenvalue weighted by molar-refractivity contribution is 5.90. The molecule has 1 saturated heterocycles. The number of rotatable bonds is 4. The van der Waals surface area contributed by atoms with Crippen molar-refractivity contribution in [2.24, 2.45) is 0 Å². The van der Waals surface area contributed by atoms with Gasteiger partial charge < -0.3 is 10.3 Å². The lowest BCUT2D eigenvalue weighted by molar-refractivity contribution is -0.124. The maximum atomic E-state index is 11.8. The zero-order valence-electron chi connectivity index (χ0n) is 10.9. The standard InChI is InChI=1S/C14H16N4O2/c19-13-7-12(17-18-13)14(20)15-6-5-9-8-16-11-4-2-1-3-10(9)11/h1-4,8,12,16-17H,5-7H2,(H,15,20)(H,18,19). The van der Waals surface area contributed by atoms with Crippen LogP contribution >= 0.6 is 0 Å². The van der Waals surface area contributed by atoms with Crippen molar-refractivity contribution < 1.29 is 9.59 Å². The fourth-order valence-electron chi connectivity index (χ4n) is 2.40. The summed E-state index contributed by atoms with van der Waals surface area (Å²) in [6, 6.07) is 7.60. The van der Waals surface area contributed by atoms with Gasteiger partial charge in [-0.1, -0.05) is 18.2 Å². The van der Waals surface area contributed by atoms with E-state index in [0.717, 1.165) is 11.9 Å². The van der Waals surface area contributed by atoms with Gasteiger partial charge in [0.2, 0.25) is 11.8 Å². The first-order valence-corrected chi connectivity index (χ1v) is 6.61. The molecule has 2 heterocycles. The van der Waals surface area contributed by atoms with Crippen LogP contribution in [-0.4, -0.2) is 29.4 Å². The van der Waals surface area contributed by atoms with Crippen LogP contribution in [0.3, 0.4) is 0 Å². The Hall–Kier alpha value is -2.34. The molecule has 2 amide bonds. The molecule has 6 heteroatoms. The van der Waals surface area contributed by atoms with Crippen LogP contribution in [0.5, 0.6) is 0 Å². The average molecular weight is 272 g/mol. The molecule has 2 aromatic rings. The number of carbonyl (C=O) groups is 2. The molecule has 0 bridgehead atoms. The van der Waals surface area contributed by atoms with Crippen LogP contribution in [0.2, 0.25) is 0 Å². The number of aromatic nitrogens is 1. The lowest BCUT2D eigenvalue weighted by atomic mass is 10.1. The van der Waals surface area contributed by atoms with E-state index < -0.39 is 6.04 Å². The molecule has 1 aliphatic rings. The van der Waals surface area contributed by atoms with Gasteiger partial charge in [0.15, 0.2) is 0 Å². The molecule has 3 rings (SSSR count). The van der Waals surface area contributed by atoms with Crippen LogP contribution in [0.4, 0.5) is 0 Å². The largest absolute Gasteiger partial charge is 0.361 e. The molecular weight excluding hydrogens is 256 g/mol. The van der Waals surface area contributed by atoms with Gasteiger partial charge in [-0.2, -0.15) is 0 Å². The van der Waals surface area contributed by atoms with Crippen molar-refractivity contribution in [2.75, 3.05) is 6.54 Å². The van der Waals surface area contributed by atoms with Crippen molar-refractivity contribution in [3.63, 3.8) is 0 Å². The van der Waals surface area contributed by atoms with Crippen LogP contribution in [-0.2, 0) is 16.0 Å². The van der Waals surface area contributed by atoms with Gasteiger partial charge in [-0.3, -0.25) is 15.0 Å². The van der Waals surface area contributed by atoms with Gasteiger partial charge in [0.05, 0.1) is 6.42 Å². The van der Waals surface area contributed by atoms with E-state index in [0.29, 0.717) is 6.54 Å². The van der Waals surface area contributed by atoms with Gasteiger partial charge in [-0.25, -0.2) is 5.43 Å². The predicted octanol–water partition coefficient (Wildman–Crippen LogP) is 0.220. The monoisotopic (exact) mass is 272 g/mol. The van der Waals surface area contributed by atoms with Crippen molar-refractivity contribution in [3.8, 4) is 0 Å². The van der Waals surface area contributed by atoms with Crippen LogP contribution in [0.25, 0.3) is 10.9 Å². The SMILES string of the molecule is O=C1CC(C(=O)NCCc2c[nH]c3ccccc23)NN1. The van der Waals surface area contributed by atoms with E-state index in [1.165, 1.54) is 10.9 Å². The average Bonchev–Trinajstić information content (AvgIpc) is 3.06. The number of H-pyrrole nitrogens is 1. The summed E-state index contributed by atoms with van der Waals surface area (Å²) in [4.78, 5) is 26.0. The predicted molar refractivity (Wildman–Crippen MR) is 74.7 cm³/mol. The zero-order valence-corrected chi connectivity index (χ0v) is 10.9. The van der Waals surface area contributed by atoms with E-state index in [4.69, 9.17) is 0 Å². The number of hydrogen-bond acceptors (Lipinski definition) is 3. The fraction of sp³-hybridized carbons (Fsp3) is 0.286. The van der Waals surface area contributed by atoms with Crippen molar-refractivity contribution in [2.45, 2.75) is 18.9 Å². The van der Waals surface area contributed by atoms with E-state index in [-0.39, 0.29) is 18.2 Å². The molecule has 1 aromatic heterocycles. The Balaban J connectivity index is 1.55. The Morgan fingerprint density at radius 2 is 2.20 bits per heavy atom. The summed E-state index contributed by atoms with van der Waals surface area (Å²) < 4.78 is 0. The Morgan fingerprint density at radius 1 is 1.35 bits per heavy atom. The van der Waals surface area contributed by atoms with Gasteiger partial charge in [0, 0.05) is 23.6 Å². The minimum absolute atomic E-state index is 0.150. The van der Waals surface area contributed by atoms with E-state index in [2.05, 4.69) is 27.2 Å². The molecule has 1 aromatic carbocycles. The molecule has 0 spiro atoms. The maximum absolute atomic E-state index is 11.8. The second-order valence-corrected chi connectivity index (χ2v) is 4.85. The Bertz CT molecular complexity index is 649. The topological polar surface area (TPSA) is 86.0 Å². The molecule has 1 unspecified atom stereocenters. The number of hydrogen-bond donors (Lipinski definition) is 4. The second-order valence-electron chi connectivity index (χ2n) is 4.85. The van der Waals surface area contributed by atoms with E-state index >= 15 is 0 Å². The van der Waals surface area contributed by atoms with Crippen LogP contribution in [0.1, 0.15) is 12.0 Å². The number of aromatic amines is 1. The molecule has 0 saturated carbocycles. The highest BCUT2D eigenvalue weighted by atomic mass is 16.2. The van der Waals surface area contributed by atoms with Crippen LogP contribution < -0.4 is 16.2 Å². The number of hydrazine groups is 1. The molecule has 1 atom stereocenters. The van der Waals surface area contributed by atoms with Gasteiger partial charge >= 0.3 is 0 Å². The van der Waals surface area contributed by atoms with E-state index in [9.17, 15) is 9.59 Å².